The molecule has 1 heterocycles. The SMILES string of the molecule is CCC1CCN(S(=O)(=O)c2cc(NC)ccc2[N+](=O)[O-])C1. The summed E-state index contributed by atoms with van der Waals surface area (Å²) in [6, 6.07) is 4.05. The van der Waals surface area contributed by atoms with Crippen LogP contribution in [-0.2, 0) is 10.0 Å². The monoisotopic (exact) mass is 313 g/mol. The molecule has 0 bridgehead atoms. The molecule has 1 aliphatic heterocycles. The fourth-order valence-corrected chi connectivity index (χ4v) is 4.23. The Morgan fingerprint density at radius 2 is 2.19 bits per heavy atom. The molecule has 116 valence electrons. The van der Waals surface area contributed by atoms with Gasteiger partial charge in [-0.3, -0.25) is 10.1 Å². The number of benzene rings is 1. The van der Waals surface area contributed by atoms with E-state index in [9.17, 15) is 18.5 Å². The first kappa shape index (κ1) is 15.7. The minimum absolute atomic E-state index is 0.240. The van der Waals surface area contributed by atoms with Crippen LogP contribution in [0.25, 0.3) is 0 Å². The second-order valence-electron chi connectivity index (χ2n) is 5.12. The first-order valence-corrected chi connectivity index (χ1v) is 8.30. The average Bonchev–Trinajstić information content (AvgIpc) is 2.96. The van der Waals surface area contributed by atoms with Crippen molar-refractivity contribution in [1.29, 1.82) is 0 Å². The number of nitro groups is 1. The molecule has 0 amide bonds. The number of nitrogens with zero attached hydrogens (tertiary/aromatic N) is 2. The summed E-state index contributed by atoms with van der Waals surface area (Å²) in [5.74, 6) is 0.325. The Hall–Kier alpha value is -1.67. The average molecular weight is 313 g/mol. The van der Waals surface area contributed by atoms with E-state index in [-0.39, 0.29) is 10.6 Å². The molecule has 0 aliphatic carbocycles. The summed E-state index contributed by atoms with van der Waals surface area (Å²) < 4.78 is 26.7. The Morgan fingerprint density at radius 1 is 1.48 bits per heavy atom. The molecular formula is C13H19N3O4S. The zero-order valence-corrected chi connectivity index (χ0v) is 12.9. The van der Waals surface area contributed by atoms with E-state index in [1.54, 1.807) is 7.05 Å². The molecule has 0 radical (unpaired) electrons. The van der Waals surface area contributed by atoms with Crippen molar-refractivity contribution in [2.75, 3.05) is 25.5 Å². The molecular weight excluding hydrogens is 294 g/mol. The van der Waals surface area contributed by atoms with Crippen molar-refractivity contribution in [2.24, 2.45) is 5.92 Å². The van der Waals surface area contributed by atoms with Gasteiger partial charge in [0.05, 0.1) is 4.92 Å². The van der Waals surface area contributed by atoms with Crippen LogP contribution in [0.2, 0.25) is 0 Å². The zero-order chi connectivity index (χ0) is 15.6. The quantitative estimate of drug-likeness (QED) is 0.663. The minimum atomic E-state index is -3.84. The molecule has 7 nitrogen and oxygen atoms in total. The molecule has 1 unspecified atom stereocenters. The van der Waals surface area contributed by atoms with Crippen molar-refractivity contribution in [2.45, 2.75) is 24.7 Å². The summed E-state index contributed by atoms with van der Waals surface area (Å²) in [5, 5.41) is 13.9. The number of hydrogen-bond acceptors (Lipinski definition) is 5. The van der Waals surface area contributed by atoms with Gasteiger partial charge in [-0.15, -0.1) is 0 Å². The van der Waals surface area contributed by atoms with Crippen LogP contribution >= 0.6 is 0 Å². The highest BCUT2D eigenvalue weighted by Gasteiger charge is 2.36. The Bertz CT molecular complexity index is 645. The molecule has 1 saturated heterocycles. The van der Waals surface area contributed by atoms with Crippen molar-refractivity contribution >= 4 is 21.4 Å². The maximum atomic E-state index is 12.7. The molecule has 1 N–H and O–H groups in total. The van der Waals surface area contributed by atoms with Gasteiger partial charge in [-0.05, 0) is 24.5 Å². The molecule has 1 aliphatic rings. The Labute approximate surface area is 124 Å². The highest BCUT2D eigenvalue weighted by atomic mass is 32.2. The van der Waals surface area contributed by atoms with E-state index in [1.807, 2.05) is 6.92 Å². The molecule has 0 aromatic heterocycles. The summed E-state index contributed by atoms with van der Waals surface area (Å²) in [7, 11) is -2.20. The number of anilines is 1. The summed E-state index contributed by atoms with van der Waals surface area (Å²) in [6.07, 6.45) is 1.71. The topological polar surface area (TPSA) is 92.6 Å². The van der Waals surface area contributed by atoms with E-state index in [0.717, 1.165) is 12.8 Å². The Balaban J connectivity index is 2.46. The summed E-state index contributed by atoms with van der Waals surface area (Å²) in [5.41, 5.74) is 0.152. The number of nitro benzene ring substituents is 1. The third-order valence-corrected chi connectivity index (χ3v) is 5.78. The number of hydrogen-bond donors (Lipinski definition) is 1. The molecule has 21 heavy (non-hydrogen) atoms. The van der Waals surface area contributed by atoms with Gasteiger partial charge < -0.3 is 5.32 Å². The van der Waals surface area contributed by atoms with Gasteiger partial charge in [0.25, 0.3) is 5.69 Å². The maximum Gasteiger partial charge on any atom is 0.289 e. The van der Waals surface area contributed by atoms with Gasteiger partial charge in [0.15, 0.2) is 4.90 Å². The lowest BCUT2D eigenvalue weighted by Crippen LogP contribution is -2.29. The van der Waals surface area contributed by atoms with Gasteiger partial charge in [-0.2, -0.15) is 4.31 Å². The van der Waals surface area contributed by atoms with Crippen molar-refractivity contribution in [1.82, 2.24) is 4.31 Å². The molecule has 0 saturated carbocycles. The summed E-state index contributed by atoms with van der Waals surface area (Å²) in [6.45, 7) is 2.87. The first-order valence-electron chi connectivity index (χ1n) is 6.86. The van der Waals surface area contributed by atoms with Crippen molar-refractivity contribution in [3.8, 4) is 0 Å². The van der Waals surface area contributed by atoms with Crippen LogP contribution in [0.1, 0.15) is 19.8 Å². The lowest BCUT2D eigenvalue weighted by atomic mass is 10.1. The van der Waals surface area contributed by atoms with Gasteiger partial charge in [0.1, 0.15) is 0 Å². The fraction of sp³-hybridized carbons (Fsp3) is 0.538. The first-order chi connectivity index (χ1) is 9.90. The molecule has 8 heteroatoms. The van der Waals surface area contributed by atoms with Crippen LogP contribution in [0.5, 0.6) is 0 Å². The van der Waals surface area contributed by atoms with Gasteiger partial charge in [0.2, 0.25) is 10.0 Å². The third kappa shape index (κ3) is 3.01. The standard InChI is InChI=1S/C13H19N3O4S/c1-3-10-6-7-15(9-10)21(19,20)13-8-11(14-2)4-5-12(13)16(17)18/h4-5,8,10,14H,3,6-7,9H2,1-2H3. The molecule has 1 aromatic rings. The predicted octanol–water partition coefficient (Wildman–Crippen LogP) is 2.06. The Morgan fingerprint density at radius 3 is 2.71 bits per heavy atom. The van der Waals surface area contributed by atoms with Gasteiger partial charge in [0, 0.05) is 31.9 Å². The zero-order valence-electron chi connectivity index (χ0n) is 12.1. The van der Waals surface area contributed by atoms with E-state index < -0.39 is 14.9 Å². The van der Waals surface area contributed by atoms with Gasteiger partial charge in [-0.1, -0.05) is 13.3 Å². The van der Waals surface area contributed by atoms with Crippen LogP contribution < -0.4 is 5.32 Å². The highest BCUT2D eigenvalue weighted by molar-refractivity contribution is 7.89. The smallest absolute Gasteiger partial charge is 0.289 e. The second-order valence-corrected chi connectivity index (χ2v) is 7.02. The number of rotatable bonds is 5. The molecule has 1 fully saturated rings. The van der Waals surface area contributed by atoms with E-state index >= 15 is 0 Å². The van der Waals surface area contributed by atoms with Crippen LogP contribution in [0.3, 0.4) is 0 Å². The van der Waals surface area contributed by atoms with Crippen LogP contribution in [0.4, 0.5) is 11.4 Å². The van der Waals surface area contributed by atoms with Crippen LogP contribution in [0, 0.1) is 16.0 Å². The van der Waals surface area contributed by atoms with E-state index in [1.165, 1.54) is 22.5 Å². The third-order valence-electron chi connectivity index (χ3n) is 3.89. The molecule has 1 atom stereocenters. The van der Waals surface area contributed by atoms with Crippen molar-refractivity contribution in [3.63, 3.8) is 0 Å². The Kier molecular flexibility index (Phi) is 4.48. The van der Waals surface area contributed by atoms with Gasteiger partial charge >= 0.3 is 0 Å². The second kappa shape index (κ2) is 5.98. The summed E-state index contributed by atoms with van der Waals surface area (Å²) >= 11 is 0. The minimum Gasteiger partial charge on any atom is -0.388 e. The van der Waals surface area contributed by atoms with Gasteiger partial charge in [-0.25, -0.2) is 8.42 Å². The number of sulfonamides is 1. The maximum absolute atomic E-state index is 12.7. The lowest BCUT2D eigenvalue weighted by Gasteiger charge is -2.17. The lowest BCUT2D eigenvalue weighted by molar-refractivity contribution is -0.387. The van der Waals surface area contributed by atoms with E-state index in [2.05, 4.69) is 5.32 Å². The fourth-order valence-electron chi connectivity index (χ4n) is 2.51. The highest BCUT2D eigenvalue weighted by Crippen LogP contribution is 2.32. The summed E-state index contributed by atoms with van der Waals surface area (Å²) in [4.78, 5) is 10.2. The molecule has 0 spiro atoms. The number of nitrogens with one attached hydrogen (secondary N) is 1. The van der Waals surface area contributed by atoms with Crippen LogP contribution in [0.15, 0.2) is 23.1 Å². The van der Waals surface area contributed by atoms with Crippen molar-refractivity contribution in [3.05, 3.63) is 28.3 Å². The van der Waals surface area contributed by atoms with Crippen molar-refractivity contribution < 1.29 is 13.3 Å². The predicted molar refractivity (Wildman–Crippen MR) is 79.8 cm³/mol. The normalized spacial score (nSPS) is 19.6. The molecule has 2 rings (SSSR count). The van der Waals surface area contributed by atoms with Crippen LogP contribution in [-0.4, -0.2) is 37.8 Å². The van der Waals surface area contributed by atoms with E-state index in [0.29, 0.717) is 24.7 Å². The molecule has 1 aromatic carbocycles. The largest absolute Gasteiger partial charge is 0.388 e. The van der Waals surface area contributed by atoms with E-state index in [4.69, 9.17) is 0 Å².